The summed E-state index contributed by atoms with van der Waals surface area (Å²) >= 11 is 3.45. The van der Waals surface area contributed by atoms with Gasteiger partial charge in [-0.1, -0.05) is 6.07 Å². The second kappa shape index (κ2) is 8.36. The molecule has 0 fully saturated rings. The van der Waals surface area contributed by atoms with Crippen molar-refractivity contribution in [3.05, 3.63) is 28.2 Å². The summed E-state index contributed by atoms with van der Waals surface area (Å²) in [6.07, 6.45) is 0. The van der Waals surface area contributed by atoms with E-state index in [9.17, 15) is 4.79 Å². The SMILES string of the molecule is COCCNCc1ccc(OCC(C)(C)C(=O)O)c(Br)c1. The van der Waals surface area contributed by atoms with Gasteiger partial charge >= 0.3 is 5.97 Å². The molecule has 0 amide bonds. The van der Waals surface area contributed by atoms with Crippen molar-refractivity contribution in [2.24, 2.45) is 5.41 Å². The molecule has 0 aliphatic rings. The first kappa shape index (κ1) is 17.9. The van der Waals surface area contributed by atoms with Crippen LogP contribution in [0.1, 0.15) is 19.4 Å². The maximum atomic E-state index is 11.0. The van der Waals surface area contributed by atoms with Gasteiger partial charge in [0, 0.05) is 20.2 Å². The predicted octanol–water partition coefficient (Wildman–Crippen LogP) is 2.67. The molecule has 0 atom stereocenters. The average Bonchev–Trinajstić information content (AvgIpc) is 2.42. The largest absolute Gasteiger partial charge is 0.491 e. The predicted molar refractivity (Wildman–Crippen MR) is 84.6 cm³/mol. The Morgan fingerprint density at radius 2 is 2.14 bits per heavy atom. The number of rotatable bonds is 9. The maximum Gasteiger partial charge on any atom is 0.312 e. The molecule has 1 rings (SSSR count). The monoisotopic (exact) mass is 359 g/mol. The first-order chi connectivity index (χ1) is 9.86. The number of hydrogen-bond acceptors (Lipinski definition) is 4. The van der Waals surface area contributed by atoms with E-state index >= 15 is 0 Å². The number of methoxy groups -OCH3 is 1. The summed E-state index contributed by atoms with van der Waals surface area (Å²) in [5.74, 6) is -0.234. The van der Waals surface area contributed by atoms with Crippen LogP contribution >= 0.6 is 15.9 Å². The third-order valence-corrected chi connectivity index (χ3v) is 3.60. The minimum atomic E-state index is -0.917. The highest BCUT2D eigenvalue weighted by atomic mass is 79.9. The Kier molecular flexibility index (Phi) is 7.14. The molecule has 1 aromatic rings. The molecule has 0 aliphatic heterocycles. The van der Waals surface area contributed by atoms with Crippen LogP contribution in [0, 0.1) is 5.41 Å². The summed E-state index contributed by atoms with van der Waals surface area (Å²) in [6, 6.07) is 5.76. The Labute approximate surface area is 133 Å². The molecule has 0 aliphatic carbocycles. The number of benzene rings is 1. The van der Waals surface area contributed by atoms with E-state index in [1.807, 2.05) is 18.2 Å². The topological polar surface area (TPSA) is 67.8 Å². The number of ether oxygens (including phenoxy) is 2. The molecule has 21 heavy (non-hydrogen) atoms. The highest BCUT2D eigenvalue weighted by molar-refractivity contribution is 9.10. The number of halogens is 1. The minimum Gasteiger partial charge on any atom is -0.491 e. The zero-order valence-corrected chi connectivity index (χ0v) is 14.2. The van der Waals surface area contributed by atoms with Gasteiger partial charge in [0.2, 0.25) is 0 Å². The zero-order chi connectivity index (χ0) is 15.9. The van der Waals surface area contributed by atoms with Gasteiger partial charge in [-0.2, -0.15) is 0 Å². The lowest BCUT2D eigenvalue weighted by Gasteiger charge is -2.20. The van der Waals surface area contributed by atoms with Gasteiger partial charge in [-0.3, -0.25) is 4.79 Å². The Bertz CT molecular complexity index is 477. The molecule has 0 saturated heterocycles. The van der Waals surface area contributed by atoms with Crippen LogP contribution in [-0.4, -0.2) is 37.9 Å². The van der Waals surface area contributed by atoms with E-state index in [0.717, 1.165) is 23.1 Å². The van der Waals surface area contributed by atoms with Gasteiger partial charge in [0.15, 0.2) is 0 Å². The van der Waals surface area contributed by atoms with Crippen molar-refractivity contribution in [1.29, 1.82) is 0 Å². The van der Waals surface area contributed by atoms with Gasteiger partial charge in [0.25, 0.3) is 0 Å². The van der Waals surface area contributed by atoms with Crippen LogP contribution in [0.15, 0.2) is 22.7 Å². The summed E-state index contributed by atoms with van der Waals surface area (Å²) in [5.41, 5.74) is 0.197. The Morgan fingerprint density at radius 3 is 2.71 bits per heavy atom. The van der Waals surface area contributed by atoms with E-state index in [1.54, 1.807) is 21.0 Å². The molecule has 0 radical (unpaired) electrons. The van der Waals surface area contributed by atoms with E-state index in [2.05, 4.69) is 21.2 Å². The molecule has 6 heteroatoms. The molecule has 118 valence electrons. The number of aliphatic carboxylic acids is 1. The van der Waals surface area contributed by atoms with Gasteiger partial charge in [-0.25, -0.2) is 0 Å². The lowest BCUT2D eigenvalue weighted by molar-refractivity contribution is -0.148. The van der Waals surface area contributed by atoms with E-state index in [4.69, 9.17) is 14.6 Å². The summed E-state index contributed by atoms with van der Waals surface area (Å²) in [7, 11) is 1.67. The second-order valence-corrected chi connectivity index (χ2v) is 6.27. The second-order valence-electron chi connectivity index (χ2n) is 5.41. The van der Waals surface area contributed by atoms with E-state index in [0.29, 0.717) is 12.4 Å². The number of nitrogens with one attached hydrogen (secondary N) is 1. The number of carboxylic acid groups (broad SMARTS) is 1. The summed E-state index contributed by atoms with van der Waals surface area (Å²) in [4.78, 5) is 11.0. The molecule has 0 aromatic heterocycles. The molecule has 0 unspecified atom stereocenters. The van der Waals surface area contributed by atoms with Crippen molar-refractivity contribution in [1.82, 2.24) is 5.32 Å². The Hall–Kier alpha value is -1.11. The van der Waals surface area contributed by atoms with Gasteiger partial charge < -0.3 is 19.9 Å². The molecule has 0 saturated carbocycles. The van der Waals surface area contributed by atoms with Crippen molar-refractivity contribution >= 4 is 21.9 Å². The normalized spacial score (nSPS) is 11.4. The first-order valence-electron chi connectivity index (χ1n) is 6.71. The highest BCUT2D eigenvalue weighted by Gasteiger charge is 2.28. The summed E-state index contributed by atoms with van der Waals surface area (Å²) in [6.45, 7) is 5.59. The minimum absolute atomic E-state index is 0.117. The van der Waals surface area contributed by atoms with E-state index in [-0.39, 0.29) is 6.61 Å². The van der Waals surface area contributed by atoms with Crippen molar-refractivity contribution in [2.45, 2.75) is 20.4 Å². The summed E-state index contributed by atoms with van der Waals surface area (Å²) < 4.78 is 11.4. The van der Waals surface area contributed by atoms with Crippen molar-refractivity contribution in [2.75, 3.05) is 26.9 Å². The van der Waals surface area contributed by atoms with Gasteiger partial charge in [-0.15, -0.1) is 0 Å². The maximum absolute atomic E-state index is 11.0. The van der Waals surface area contributed by atoms with Crippen molar-refractivity contribution < 1.29 is 19.4 Å². The summed E-state index contributed by atoms with van der Waals surface area (Å²) in [5, 5.41) is 12.3. The lowest BCUT2D eigenvalue weighted by Crippen LogP contribution is -2.30. The number of hydrogen-bond donors (Lipinski definition) is 2. The average molecular weight is 360 g/mol. The van der Waals surface area contributed by atoms with Crippen molar-refractivity contribution in [3.63, 3.8) is 0 Å². The van der Waals surface area contributed by atoms with Crippen LogP contribution in [0.25, 0.3) is 0 Å². The Morgan fingerprint density at radius 1 is 1.43 bits per heavy atom. The fraction of sp³-hybridized carbons (Fsp3) is 0.533. The van der Waals surface area contributed by atoms with Gasteiger partial charge in [0.1, 0.15) is 12.4 Å². The van der Waals surface area contributed by atoms with Crippen molar-refractivity contribution in [3.8, 4) is 5.75 Å². The number of carbonyl (C=O) groups is 1. The van der Waals surface area contributed by atoms with Crippen LogP contribution in [-0.2, 0) is 16.1 Å². The van der Waals surface area contributed by atoms with Crippen LogP contribution in [0.3, 0.4) is 0 Å². The molecular formula is C15H22BrNO4. The smallest absolute Gasteiger partial charge is 0.312 e. The lowest BCUT2D eigenvalue weighted by atomic mass is 9.95. The molecular weight excluding hydrogens is 338 g/mol. The molecule has 1 aromatic carbocycles. The standard InChI is InChI=1S/C15H22BrNO4/c1-15(2,14(18)19)10-21-13-5-4-11(8-12(13)16)9-17-6-7-20-3/h4-5,8,17H,6-7,9-10H2,1-3H3,(H,18,19). The Balaban J connectivity index is 2.56. The van der Waals surface area contributed by atoms with E-state index in [1.165, 1.54) is 0 Å². The van der Waals surface area contributed by atoms with Crippen LogP contribution in [0.5, 0.6) is 5.75 Å². The third kappa shape index (κ3) is 6.03. The third-order valence-electron chi connectivity index (χ3n) is 2.98. The van der Waals surface area contributed by atoms with Crippen LogP contribution < -0.4 is 10.1 Å². The zero-order valence-electron chi connectivity index (χ0n) is 12.6. The first-order valence-corrected chi connectivity index (χ1v) is 7.50. The van der Waals surface area contributed by atoms with Crippen LogP contribution in [0.2, 0.25) is 0 Å². The molecule has 0 heterocycles. The van der Waals surface area contributed by atoms with Crippen LogP contribution in [0.4, 0.5) is 0 Å². The van der Waals surface area contributed by atoms with Gasteiger partial charge in [-0.05, 0) is 47.5 Å². The molecule has 0 spiro atoms. The molecule has 5 nitrogen and oxygen atoms in total. The van der Waals surface area contributed by atoms with E-state index < -0.39 is 11.4 Å². The fourth-order valence-corrected chi connectivity index (χ4v) is 2.04. The highest BCUT2D eigenvalue weighted by Crippen LogP contribution is 2.28. The molecule has 2 N–H and O–H groups in total. The fourth-order valence-electron chi connectivity index (χ4n) is 1.50. The van der Waals surface area contributed by atoms with Gasteiger partial charge in [0.05, 0.1) is 16.5 Å². The quantitative estimate of drug-likeness (QED) is 0.663. The number of carboxylic acids is 1. The molecule has 0 bridgehead atoms.